The van der Waals surface area contributed by atoms with Crippen molar-refractivity contribution >= 4 is 11.9 Å². The van der Waals surface area contributed by atoms with E-state index < -0.39 is 28.9 Å². The highest BCUT2D eigenvalue weighted by Crippen LogP contribution is 2.49. The minimum Gasteiger partial charge on any atom is -0.481 e. The fraction of sp³-hybridized carbons (Fsp3) is 0.467. The number of aliphatic carboxylic acids is 1. The van der Waals surface area contributed by atoms with Crippen LogP contribution in [0.4, 0.5) is 8.78 Å². The summed E-state index contributed by atoms with van der Waals surface area (Å²) in [7, 11) is 0. The predicted octanol–water partition coefficient (Wildman–Crippen LogP) is 2.29. The third-order valence-corrected chi connectivity index (χ3v) is 4.77. The summed E-state index contributed by atoms with van der Waals surface area (Å²) in [6.45, 7) is 0.364. The molecule has 112 valence electrons. The van der Waals surface area contributed by atoms with Crippen LogP contribution in [-0.2, 0) is 4.79 Å². The SMILES string of the molecule is O=C(c1cccc(F)c1F)N1C[C@@H]2CCC[C@@]2(C(=O)O)C1. The first-order chi connectivity index (χ1) is 9.95. The van der Waals surface area contributed by atoms with Gasteiger partial charge in [-0.15, -0.1) is 0 Å². The largest absolute Gasteiger partial charge is 0.481 e. The molecule has 1 saturated heterocycles. The van der Waals surface area contributed by atoms with E-state index in [0.717, 1.165) is 18.9 Å². The van der Waals surface area contributed by atoms with Crippen molar-refractivity contribution < 1.29 is 23.5 Å². The van der Waals surface area contributed by atoms with Crippen molar-refractivity contribution in [2.24, 2.45) is 11.3 Å². The molecule has 0 spiro atoms. The third-order valence-electron chi connectivity index (χ3n) is 4.77. The van der Waals surface area contributed by atoms with Gasteiger partial charge in [-0.25, -0.2) is 8.78 Å². The Morgan fingerprint density at radius 3 is 2.76 bits per heavy atom. The summed E-state index contributed by atoms with van der Waals surface area (Å²) in [5, 5.41) is 9.47. The Balaban J connectivity index is 1.88. The molecule has 0 radical (unpaired) electrons. The maximum absolute atomic E-state index is 13.7. The number of halogens is 2. The van der Waals surface area contributed by atoms with Crippen molar-refractivity contribution in [1.82, 2.24) is 4.90 Å². The van der Waals surface area contributed by atoms with Crippen LogP contribution in [0.5, 0.6) is 0 Å². The van der Waals surface area contributed by atoms with Gasteiger partial charge in [-0.3, -0.25) is 9.59 Å². The van der Waals surface area contributed by atoms with Gasteiger partial charge in [0.05, 0.1) is 11.0 Å². The van der Waals surface area contributed by atoms with Crippen molar-refractivity contribution in [2.75, 3.05) is 13.1 Å². The average Bonchev–Trinajstić information content (AvgIpc) is 2.98. The molecule has 1 saturated carbocycles. The monoisotopic (exact) mass is 295 g/mol. The van der Waals surface area contributed by atoms with Crippen LogP contribution in [0.15, 0.2) is 18.2 Å². The lowest BCUT2D eigenvalue weighted by atomic mass is 9.81. The molecular weight excluding hydrogens is 280 g/mol. The molecule has 21 heavy (non-hydrogen) atoms. The molecule has 2 fully saturated rings. The maximum atomic E-state index is 13.7. The van der Waals surface area contributed by atoms with Crippen LogP contribution in [0.2, 0.25) is 0 Å². The lowest BCUT2D eigenvalue weighted by Gasteiger charge is -2.23. The van der Waals surface area contributed by atoms with E-state index in [-0.39, 0.29) is 18.0 Å². The van der Waals surface area contributed by atoms with Gasteiger partial charge in [0.1, 0.15) is 0 Å². The molecule has 1 N–H and O–H groups in total. The standard InChI is InChI=1S/C15H15F2NO3/c16-11-5-1-4-10(12(11)17)13(19)18-7-9-3-2-6-15(9,8-18)14(20)21/h1,4-5,9H,2-3,6-8H2,(H,20,21)/t9-,15+/m0/s1. The molecular formula is C15H15F2NO3. The van der Waals surface area contributed by atoms with Gasteiger partial charge in [0, 0.05) is 13.1 Å². The Bertz CT molecular complexity index is 619. The van der Waals surface area contributed by atoms with E-state index in [0.29, 0.717) is 13.0 Å². The molecule has 1 aliphatic carbocycles. The molecule has 1 amide bonds. The molecule has 1 aromatic carbocycles. The first-order valence-corrected chi connectivity index (χ1v) is 6.92. The maximum Gasteiger partial charge on any atom is 0.311 e. The summed E-state index contributed by atoms with van der Waals surface area (Å²) in [6.07, 6.45) is 2.11. The van der Waals surface area contributed by atoms with E-state index in [1.165, 1.54) is 17.0 Å². The normalized spacial score (nSPS) is 27.7. The highest BCUT2D eigenvalue weighted by Gasteiger charge is 2.55. The molecule has 6 heteroatoms. The van der Waals surface area contributed by atoms with Gasteiger partial charge in [0.25, 0.3) is 5.91 Å². The van der Waals surface area contributed by atoms with Gasteiger partial charge >= 0.3 is 5.97 Å². The molecule has 0 aromatic heterocycles. The summed E-state index contributed by atoms with van der Waals surface area (Å²) in [5.74, 6) is -3.89. The van der Waals surface area contributed by atoms with Crippen molar-refractivity contribution in [2.45, 2.75) is 19.3 Å². The fourth-order valence-corrected chi connectivity index (χ4v) is 3.63. The number of amides is 1. The highest BCUT2D eigenvalue weighted by atomic mass is 19.2. The highest BCUT2D eigenvalue weighted by molar-refractivity contribution is 5.95. The fourth-order valence-electron chi connectivity index (χ4n) is 3.63. The number of fused-ring (bicyclic) bond motifs is 1. The first-order valence-electron chi connectivity index (χ1n) is 6.92. The Labute approximate surface area is 120 Å². The Morgan fingerprint density at radius 1 is 1.33 bits per heavy atom. The molecule has 1 heterocycles. The number of carboxylic acid groups (broad SMARTS) is 1. The van der Waals surface area contributed by atoms with E-state index in [1.807, 2.05) is 0 Å². The van der Waals surface area contributed by atoms with E-state index >= 15 is 0 Å². The van der Waals surface area contributed by atoms with E-state index in [1.54, 1.807) is 0 Å². The number of carbonyl (C=O) groups is 2. The quantitative estimate of drug-likeness (QED) is 0.910. The van der Waals surface area contributed by atoms with Crippen LogP contribution in [0.3, 0.4) is 0 Å². The number of carboxylic acids is 1. The number of likely N-dealkylation sites (tertiary alicyclic amines) is 1. The van der Waals surface area contributed by atoms with Crippen LogP contribution in [-0.4, -0.2) is 35.0 Å². The number of rotatable bonds is 2. The van der Waals surface area contributed by atoms with Crippen molar-refractivity contribution in [3.05, 3.63) is 35.4 Å². The zero-order valence-electron chi connectivity index (χ0n) is 11.3. The molecule has 0 bridgehead atoms. The molecule has 3 rings (SSSR count). The van der Waals surface area contributed by atoms with Crippen LogP contribution < -0.4 is 0 Å². The van der Waals surface area contributed by atoms with Crippen molar-refractivity contribution in [3.8, 4) is 0 Å². The van der Waals surface area contributed by atoms with Crippen molar-refractivity contribution in [1.29, 1.82) is 0 Å². The van der Waals surface area contributed by atoms with Gasteiger partial charge in [0.2, 0.25) is 0 Å². The average molecular weight is 295 g/mol. The Kier molecular flexibility index (Phi) is 3.19. The van der Waals surface area contributed by atoms with Crippen LogP contribution in [0, 0.1) is 23.0 Å². The predicted molar refractivity (Wildman–Crippen MR) is 69.7 cm³/mol. The number of hydrogen-bond donors (Lipinski definition) is 1. The number of nitrogens with zero attached hydrogens (tertiary/aromatic N) is 1. The van der Waals surface area contributed by atoms with Crippen LogP contribution in [0.25, 0.3) is 0 Å². The molecule has 2 aliphatic rings. The third kappa shape index (κ3) is 2.01. The Hall–Kier alpha value is -1.98. The van der Waals surface area contributed by atoms with Gasteiger partial charge < -0.3 is 10.0 Å². The van der Waals surface area contributed by atoms with Gasteiger partial charge in [-0.05, 0) is 30.9 Å². The van der Waals surface area contributed by atoms with Crippen LogP contribution >= 0.6 is 0 Å². The van der Waals surface area contributed by atoms with E-state index in [2.05, 4.69) is 0 Å². The van der Waals surface area contributed by atoms with E-state index in [4.69, 9.17) is 0 Å². The molecule has 1 aromatic rings. The zero-order chi connectivity index (χ0) is 15.2. The number of benzene rings is 1. The summed E-state index contributed by atoms with van der Waals surface area (Å²) in [6, 6.07) is 3.45. The second kappa shape index (κ2) is 4.79. The smallest absolute Gasteiger partial charge is 0.311 e. The molecule has 2 atom stereocenters. The van der Waals surface area contributed by atoms with E-state index in [9.17, 15) is 23.5 Å². The van der Waals surface area contributed by atoms with Gasteiger partial charge in [-0.2, -0.15) is 0 Å². The second-order valence-electron chi connectivity index (χ2n) is 5.84. The van der Waals surface area contributed by atoms with Crippen LogP contribution in [0.1, 0.15) is 29.6 Å². The summed E-state index contributed by atoms with van der Waals surface area (Å²) in [5.41, 5.74) is -1.25. The lowest BCUT2D eigenvalue weighted by Crippen LogP contribution is -2.37. The second-order valence-corrected chi connectivity index (χ2v) is 5.84. The van der Waals surface area contributed by atoms with Gasteiger partial charge in [-0.1, -0.05) is 12.5 Å². The number of carbonyl (C=O) groups excluding carboxylic acids is 1. The Morgan fingerprint density at radius 2 is 2.10 bits per heavy atom. The molecule has 4 nitrogen and oxygen atoms in total. The molecule has 0 unspecified atom stereocenters. The van der Waals surface area contributed by atoms with Gasteiger partial charge in [0.15, 0.2) is 11.6 Å². The summed E-state index contributed by atoms with van der Waals surface area (Å²) in [4.78, 5) is 25.2. The van der Waals surface area contributed by atoms with Crippen molar-refractivity contribution in [3.63, 3.8) is 0 Å². The minimum atomic E-state index is -1.18. The lowest BCUT2D eigenvalue weighted by molar-refractivity contribution is -0.149. The summed E-state index contributed by atoms with van der Waals surface area (Å²) >= 11 is 0. The number of hydrogen-bond acceptors (Lipinski definition) is 2. The topological polar surface area (TPSA) is 57.6 Å². The summed E-state index contributed by atoms with van der Waals surface area (Å²) < 4.78 is 26.9. The minimum absolute atomic E-state index is 0.0712. The zero-order valence-corrected chi connectivity index (χ0v) is 11.3. The first kappa shape index (κ1) is 14.0. The molecule has 1 aliphatic heterocycles.